The van der Waals surface area contributed by atoms with Crippen molar-refractivity contribution in [1.82, 2.24) is 0 Å². The SMILES string of the molecule is CC/C=C\C/C=C\C/C=C\C/C=C\C/C=C\C/C=C\CCCCCCCCCCCCC(=O)OCC(O)COP(=O)(O)OCC(O)COP(=O)(O)OCC(COC(=O)CCCCCCCCCCC/C=C\C/C=C\C/C=C\C/C=C\C/C=C\CC)OC(=O)CCCCC/C=C\C/C=C\C/C=C\C/C=C\C/C=C\CC. The number of phosphoric acid groups is 2. The Kier molecular flexibility index (Phi) is 77.7. The molecule has 4 N–H and O–H groups in total. The number of allylic oxidation sites excluding steroid dienone is 32. The zero-order chi connectivity index (χ0) is 79.4. The van der Waals surface area contributed by atoms with E-state index in [1.165, 1.54) is 57.8 Å². The number of aliphatic hydroxyl groups excluding tert-OH is 2. The van der Waals surface area contributed by atoms with Crippen LogP contribution in [-0.2, 0) is 55.8 Å². The van der Waals surface area contributed by atoms with Gasteiger partial charge in [0.15, 0.2) is 6.10 Å². The number of hydrogen-bond donors (Lipinski definition) is 4. The molecule has 0 aliphatic rings. The van der Waals surface area contributed by atoms with Crippen LogP contribution in [0.1, 0.15) is 303 Å². The Labute approximate surface area is 661 Å². The maximum absolute atomic E-state index is 13.0. The lowest BCUT2D eigenvalue weighted by molar-refractivity contribution is -0.161. The van der Waals surface area contributed by atoms with Gasteiger partial charge in [-0.15, -0.1) is 0 Å². The third-order valence-corrected chi connectivity index (χ3v) is 18.7. The van der Waals surface area contributed by atoms with E-state index in [0.29, 0.717) is 19.3 Å². The summed E-state index contributed by atoms with van der Waals surface area (Å²) in [6, 6.07) is 0. The molecule has 0 aromatic carbocycles. The predicted molar refractivity (Wildman–Crippen MR) is 454 cm³/mol. The fraction of sp³-hybridized carbons (Fsp3) is 0.615. The Morgan fingerprint density at radius 2 is 0.459 bits per heavy atom. The first-order chi connectivity index (χ1) is 53.2. The number of hydrogen-bond acceptors (Lipinski definition) is 14. The van der Waals surface area contributed by atoms with E-state index in [1.807, 2.05) is 0 Å². The third-order valence-electron chi connectivity index (χ3n) is 16.8. The Morgan fingerprint density at radius 3 is 0.734 bits per heavy atom. The molecule has 0 aromatic heterocycles. The van der Waals surface area contributed by atoms with Crippen LogP contribution < -0.4 is 0 Å². The van der Waals surface area contributed by atoms with E-state index in [-0.39, 0.29) is 19.3 Å². The number of aliphatic hydroxyl groups is 2. The smallest absolute Gasteiger partial charge is 0.463 e. The molecule has 5 atom stereocenters. The van der Waals surface area contributed by atoms with Gasteiger partial charge in [-0.3, -0.25) is 32.5 Å². The molecule has 0 spiro atoms. The van der Waals surface area contributed by atoms with Crippen LogP contribution in [0.3, 0.4) is 0 Å². The zero-order valence-electron chi connectivity index (χ0n) is 67.6. The van der Waals surface area contributed by atoms with Crippen LogP contribution in [0.2, 0.25) is 0 Å². The Hall–Kier alpha value is -5.61. The van der Waals surface area contributed by atoms with Gasteiger partial charge in [0.2, 0.25) is 0 Å². The third kappa shape index (κ3) is 83.2. The average Bonchev–Trinajstić information content (AvgIpc) is 0.902. The number of carbonyl (C=O) groups is 3. The molecule has 618 valence electrons. The highest BCUT2D eigenvalue weighted by atomic mass is 31.2. The first-order valence-corrected chi connectivity index (χ1v) is 44.7. The molecule has 109 heavy (non-hydrogen) atoms. The van der Waals surface area contributed by atoms with Crippen molar-refractivity contribution in [3.8, 4) is 0 Å². The molecule has 0 saturated heterocycles. The molecule has 0 bridgehead atoms. The normalized spacial score (nSPS) is 14.9. The van der Waals surface area contributed by atoms with Crippen molar-refractivity contribution >= 4 is 33.6 Å². The van der Waals surface area contributed by atoms with Crippen LogP contribution >= 0.6 is 15.6 Å². The van der Waals surface area contributed by atoms with Crippen molar-refractivity contribution < 1.29 is 75.8 Å². The van der Waals surface area contributed by atoms with E-state index in [4.69, 9.17) is 32.3 Å². The second-order valence-electron chi connectivity index (χ2n) is 27.1. The maximum Gasteiger partial charge on any atom is 0.472 e. The van der Waals surface area contributed by atoms with Gasteiger partial charge in [0, 0.05) is 19.3 Å². The van der Waals surface area contributed by atoms with Crippen molar-refractivity contribution in [3.05, 3.63) is 194 Å². The lowest BCUT2D eigenvalue weighted by Gasteiger charge is -2.21. The minimum absolute atomic E-state index is 0.0569. The number of unbranched alkanes of at least 4 members (excludes halogenated alkanes) is 22. The lowest BCUT2D eigenvalue weighted by atomic mass is 10.1. The van der Waals surface area contributed by atoms with Gasteiger partial charge in [-0.05, 0) is 161 Å². The molecule has 0 heterocycles. The fourth-order valence-corrected chi connectivity index (χ4v) is 12.2. The van der Waals surface area contributed by atoms with Gasteiger partial charge in [-0.1, -0.05) is 318 Å². The van der Waals surface area contributed by atoms with E-state index >= 15 is 0 Å². The second-order valence-corrected chi connectivity index (χ2v) is 30.0. The summed E-state index contributed by atoms with van der Waals surface area (Å²) in [6.45, 7) is 2.28. The van der Waals surface area contributed by atoms with Crippen molar-refractivity contribution in [1.29, 1.82) is 0 Å². The molecule has 0 aromatic rings. The minimum atomic E-state index is -4.95. The molecule has 0 radical (unpaired) electrons. The highest BCUT2D eigenvalue weighted by Gasteiger charge is 2.29. The summed E-state index contributed by atoms with van der Waals surface area (Å²) < 4.78 is 61.3. The zero-order valence-corrected chi connectivity index (χ0v) is 69.4. The van der Waals surface area contributed by atoms with E-state index in [9.17, 15) is 43.5 Å². The van der Waals surface area contributed by atoms with Gasteiger partial charge in [-0.25, -0.2) is 9.13 Å². The number of carbonyl (C=O) groups excluding carboxylic acids is 3. The highest BCUT2D eigenvalue weighted by Crippen LogP contribution is 2.45. The van der Waals surface area contributed by atoms with Crippen molar-refractivity contribution in [2.45, 2.75) is 322 Å². The monoisotopic (exact) mass is 1560 g/mol. The fourth-order valence-electron chi connectivity index (χ4n) is 10.6. The summed E-state index contributed by atoms with van der Waals surface area (Å²) >= 11 is 0. The van der Waals surface area contributed by atoms with Crippen LogP contribution in [-0.4, -0.2) is 95.9 Å². The Morgan fingerprint density at radius 1 is 0.257 bits per heavy atom. The summed E-state index contributed by atoms with van der Waals surface area (Å²) in [5, 5.41) is 20.7. The summed E-state index contributed by atoms with van der Waals surface area (Å²) in [6.07, 6.45) is 108. The van der Waals surface area contributed by atoms with E-state index in [0.717, 1.165) is 186 Å². The van der Waals surface area contributed by atoms with Crippen LogP contribution in [0.4, 0.5) is 0 Å². The summed E-state index contributed by atoms with van der Waals surface area (Å²) in [5.74, 6) is -1.63. The van der Waals surface area contributed by atoms with Gasteiger partial charge < -0.3 is 34.2 Å². The molecule has 0 rings (SSSR count). The average molecular weight is 1560 g/mol. The molecular weight excluding hydrogens is 1410 g/mol. The molecule has 0 saturated carbocycles. The second kappa shape index (κ2) is 81.9. The summed E-state index contributed by atoms with van der Waals surface area (Å²) in [7, 11) is -9.83. The van der Waals surface area contributed by atoms with Crippen molar-refractivity contribution in [2.24, 2.45) is 0 Å². The molecule has 0 fully saturated rings. The molecule has 0 aliphatic carbocycles. The molecule has 0 amide bonds. The largest absolute Gasteiger partial charge is 0.472 e. The van der Waals surface area contributed by atoms with Gasteiger partial charge in [0.05, 0.1) is 26.4 Å². The Balaban J connectivity index is 4.66. The molecule has 18 heteroatoms. The topological polar surface area (TPSA) is 231 Å². The lowest BCUT2D eigenvalue weighted by Crippen LogP contribution is -2.30. The minimum Gasteiger partial charge on any atom is -0.463 e. The standard InChI is InChI=1S/C91H148O16P2/c1-4-7-10-13-16-19-22-25-28-31-34-36-38-40-41-42-43-45-47-48-51-53-56-59-62-65-68-71-74-77-89(94)101-80-86(92)81-103-108(97,98)104-82-87(93)83-105-109(99,100)106-85-88(107-91(96)79-76-73-70-67-64-61-58-55-50-33-30-27-24-21-18-15-12-9-6-3)84-102-90(95)78-75-72-69-66-63-60-57-54-52-49-46-44-39-37-35-32-29-26-23-20-17-14-11-8-5-2/h7-12,16-21,25-30,34-37,40-41,43-46,50,55,61,64,86-88,92-93H,4-6,13-15,22-24,31-33,38-39,42,47-49,51-54,56-60,62-63,65-85H2,1-3H3,(H,97,98)(H,99,100)/b10-7-,11-8-,12-9-,19-16-,20-17-,21-18-,28-25-,29-26-,30-27-,36-34-,37-35-,41-40-,45-43-,46-44-,55-50-,64-61-. The van der Waals surface area contributed by atoms with Gasteiger partial charge >= 0.3 is 33.6 Å². The molecule has 0 aliphatic heterocycles. The van der Waals surface area contributed by atoms with Crippen molar-refractivity contribution in [3.63, 3.8) is 0 Å². The number of esters is 3. The molecule has 16 nitrogen and oxygen atoms in total. The maximum atomic E-state index is 13.0. The van der Waals surface area contributed by atoms with Gasteiger partial charge in [-0.2, -0.15) is 0 Å². The first-order valence-electron chi connectivity index (χ1n) is 41.7. The van der Waals surface area contributed by atoms with Crippen LogP contribution in [0.25, 0.3) is 0 Å². The van der Waals surface area contributed by atoms with Crippen molar-refractivity contribution in [2.75, 3.05) is 39.6 Å². The van der Waals surface area contributed by atoms with E-state index in [1.54, 1.807) is 0 Å². The molecule has 5 unspecified atom stereocenters. The predicted octanol–water partition coefficient (Wildman–Crippen LogP) is 25.1. The number of ether oxygens (including phenoxy) is 3. The van der Waals surface area contributed by atoms with Gasteiger partial charge in [0.25, 0.3) is 0 Å². The van der Waals surface area contributed by atoms with E-state index in [2.05, 4.69) is 215 Å². The van der Waals surface area contributed by atoms with Crippen LogP contribution in [0, 0.1) is 0 Å². The summed E-state index contributed by atoms with van der Waals surface area (Å²) in [4.78, 5) is 58.8. The number of phosphoric ester groups is 2. The summed E-state index contributed by atoms with van der Waals surface area (Å²) in [5.41, 5.74) is 0. The molecular formula is C91H148O16P2. The Bertz CT molecular complexity index is 2760. The highest BCUT2D eigenvalue weighted by molar-refractivity contribution is 7.47. The van der Waals surface area contributed by atoms with Gasteiger partial charge in [0.1, 0.15) is 25.4 Å². The number of rotatable bonds is 77. The van der Waals surface area contributed by atoms with Crippen LogP contribution in [0.5, 0.6) is 0 Å². The van der Waals surface area contributed by atoms with Crippen LogP contribution in [0.15, 0.2) is 194 Å². The van der Waals surface area contributed by atoms with E-state index < -0.39 is 91.5 Å². The quantitative estimate of drug-likeness (QED) is 0.0146. The first kappa shape index (κ1) is 103.